The van der Waals surface area contributed by atoms with Crippen molar-refractivity contribution in [3.63, 3.8) is 0 Å². The Labute approximate surface area is 92.7 Å². The molecule has 1 N–H and O–H groups in total. The van der Waals surface area contributed by atoms with Crippen LogP contribution in [0.15, 0.2) is 0 Å². The van der Waals surface area contributed by atoms with Gasteiger partial charge in [0, 0.05) is 12.0 Å². The van der Waals surface area contributed by atoms with Crippen molar-refractivity contribution in [3.05, 3.63) is 34.4 Å². The van der Waals surface area contributed by atoms with Gasteiger partial charge in [-0.25, -0.2) is 26.3 Å². The van der Waals surface area contributed by atoms with Crippen molar-refractivity contribution >= 4 is 0 Å². The van der Waals surface area contributed by atoms with E-state index in [0.29, 0.717) is 0 Å². The summed E-state index contributed by atoms with van der Waals surface area (Å²) in [4.78, 5) is 0. The molecule has 0 fully saturated rings. The van der Waals surface area contributed by atoms with Crippen molar-refractivity contribution in [1.29, 1.82) is 0 Å². The van der Waals surface area contributed by atoms with Crippen molar-refractivity contribution in [2.24, 2.45) is 0 Å². The summed E-state index contributed by atoms with van der Waals surface area (Å²) in [5.74, 6) is -8.07. The Morgan fingerprint density at radius 1 is 0.941 bits per heavy atom. The summed E-state index contributed by atoms with van der Waals surface area (Å²) in [5, 5.41) is 8.89. The van der Waals surface area contributed by atoms with Gasteiger partial charge in [0.15, 0.2) is 23.3 Å². The lowest BCUT2D eigenvalue weighted by atomic mass is 10.0. The van der Waals surface area contributed by atoms with Crippen LogP contribution in [0, 0.1) is 23.3 Å². The summed E-state index contributed by atoms with van der Waals surface area (Å²) in [6, 6.07) is 0. The lowest BCUT2D eigenvalue weighted by molar-refractivity contribution is 0.137. The highest BCUT2D eigenvalue weighted by Gasteiger charge is 2.30. The molecule has 1 unspecified atom stereocenters. The van der Waals surface area contributed by atoms with Gasteiger partial charge >= 0.3 is 0 Å². The van der Waals surface area contributed by atoms with Crippen LogP contribution in [-0.4, -0.2) is 11.2 Å². The van der Waals surface area contributed by atoms with Crippen LogP contribution in [0.5, 0.6) is 0 Å². The Kier molecular flexibility index (Phi) is 4.03. The summed E-state index contributed by atoms with van der Waals surface area (Å²) < 4.78 is 76.9. The van der Waals surface area contributed by atoms with Gasteiger partial charge in [-0.1, -0.05) is 0 Å². The number of rotatable bonds is 3. The van der Waals surface area contributed by atoms with Crippen LogP contribution in [0.2, 0.25) is 0 Å². The topological polar surface area (TPSA) is 20.2 Å². The molecule has 1 nitrogen and oxygen atoms in total. The normalized spacial score (nSPS) is 13.2. The van der Waals surface area contributed by atoms with Crippen molar-refractivity contribution in [2.45, 2.75) is 25.9 Å². The van der Waals surface area contributed by atoms with Gasteiger partial charge in [-0.2, -0.15) is 0 Å². The molecule has 1 atom stereocenters. The van der Waals surface area contributed by atoms with Crippen molar-refractivity contribution in [2.75, 3.05) is 0 Å². The maximum Gasteiger partial charge on any atom is 0.269 e. The quantitative estimate of drug-likeness (QED) is 0.652. The summed E-state index contributed by atoms with van der Waals surface area (Å²) in [6.45, 7) is 1.13. The van der Waals surface area contributed by atoms with E-state index in [1.165, 1.54) is 0 Å². The number of hydrogen-bond acceptors (Lipinski definition) is 1. The van der Waals surface area contributed by atoms with Crippen LogP contribution in [0.3, 0.4) is 0 Å². The third-order valence-electron chi connectivity index (χ3n) is 2.11. The van der Waals surface area contributed by atoms with E-state index >= 15 is 0 Å². The molecule has 96 valence electrons. The van der Waals surface area contributed by atoms with Crippen LogP contribution in [0.1, 0.15) is 24.5 Å². The fourth-order valence-electron chi connectivity index (χ4n) is 1.36. The molecule has 0 amide bonds. The molecule has 0 aromatic heterocycles. The first kappa shape index (κ1) is 13.8. The average molecular weight is 258 g/mol. The van der Waals surface area contributed by atoms with Gasteiger partial charge in [0.2, 0.25) is 0 Å². The standard InChI is InChI=1S/C10H8F6O/c1-3(17)2-4-6(11)8(13)5(10(15)16)9(14)7(4)12/h3,10,17H,2H2,1H3. The Bertz CT molecular complexity index is 400. The molecule has 1 rings (SSSR count). The van der Waals surface area contributed by atoms with Crippen LogP contribution < -0.4 is 0 Å². The lowest BCUT2D eigenvalue weighted by Gasteiger charge is -2.12. The first-order valence-corrected chi connectivity index (χ1v) is 4.58. The molecule has 1 aromatic carbocycles. The summed E-state index contributed by atoms with van der Waals surface area (Å²) in [6.07, 6.45) is -5.65. The monoisotopic (exact) mass is 258 g/mol. The van der Waals surface area contributed by atoms with E-state index in [9.17, 15) is 26.3 Å². The molecule has 0 aliphatic heterocycles. The maximum atomic E-state index is 13.2. The Morgan fingerprint density at radius 3 is 1.65 bits per heavy atom. The van der Waals surface area contributed by atoms with Crippen LogP contribution >= 0.6 is 0 Å². The number of benzene rings is 1. The van der Waals surface area contributed by atoms with E-state index in [0.717, 1.165) is 6.92 Å². The molecule has 0 saturated carbocycles. The molecular weight excluding hydrogens is 250 g/mol. The Morgan fingerprint density at radius 2 is 1.35 bits per heavy atom. The molecule has 0 spiro atoms. The van der Waals surface area contributed by atoms with Crippen LogP contribution in [0.25, 0.3) is 0 Å². The van der Waals surface area contributed by atoms with Gasteiger partial charge in [0.05, 0.1) is 11.7 Å². The van der Waals surface area contributed by atoms with Gasteiger partial charge in [-0.15, -0.1) is 0 Å². The average Bonchev–Trinajstić information content (AvgIpc) is 2.21. The highest BCUT2D eigenvalue weighted by atomic mass is 19.3. The van der Waals surface area contributed by atoms with Gasteiger partial charge in [-0.05, 0) is 6.92 Å². The van der Waals surface area contributed by atoms with Crippen molar-refractivity contribution < 1.29 is 31.4 Å². The van der Waals surface area contributed by atoms with E-state index in [2.05, 4.69) is 0 Å². The second kappa shape index (κ2) is 4.95. The SMILES string of the molecule is CC(O)Cc1c(F)c(F)c(C(F)F)c(F)c1F. The molecule has 0 saturated heterocycles. The highest BCUT2D eigenvalue weighted by molar-refractivity contribution is 5.31. The Hall–Kier alpha value is -1.24. The van der Waals surface area contributed by atoms with Crippen LogP contribution in [-0.2, 0) is 6.42 Å². The van der Waals surface area contributed by atoms with E-state index in [1.54, 1.807) is 0 Å². The predicted octanol–water partition coefficient (Wildman–Crippen LogP) is 3.10. The molecule has 7 heteroatoms. The summed E-state index contributed by atoms with van der Waals surface area (Å²) in [5.41, 5.74) is -3.02. The number of halogens is 6. The fourth-order valence-corrected chi connectivity index (χ4v) is 1.36. The fraction of sp³-hybridized carbons (Fsp3) is 0.400. The smallest absolute Gasteiger partial charge is 0.269 e. The van der Waals surface area contributed by atoms with Gasteiger partial charge < -0.3 is 5.11 Å². The molecule has 17 heavy (non-hydrogen) atoms. The molecule has 0 aliphatic rings. The largest absolute Gasteiger partial charge is 0.393 e. The van der Waals surface area contributed by atoms with E-state index in [-0.39, 0.29) is 0 Å². The predicted molar refractivity (Wildman–Crippen MR) is 46.6 cm³/mol. The summed E-state index contributed by atoms with van der Waals surface area (Å²) >= 11 is 0. The third-order valence-corrected chi connectivity index (χ3v) is 2.11. The number of hydrogen-bond donors (Lipinski definition) is 1. The zero-order chi connectivity index (χ0) is 13.3. The number of aliphatic hydroxyl groups excluding tert-OH is 1. The van der Waals surface area contributed by atoms with Gasteiger partial charge in [-0.3, -0.25) is 0 Å². The van der Waals surface area contributed by atoms with Gasteiger partial charge in [0.25, 0.3) is 6.43 Å². The second-order valence-corrected chi connectivity index (χ2v) is 3.50. The molecule has 0 aliphatic carbocycles. The number of aliphatic hydroxyl groups is 1. The van der Waals surface area contributed by atoms with E-state index < -0.39 is 53.3 Å². The maximum absolute atomic E-state index is 13.2. The number of alkyl halides is 2. The van der Waals surface area contributed by atoms with Crippen molar-refractivity contribution in [3.8, 4) is 0 Å². The molecule has 0 bridgehead atoms. The first-order valence-electron chi connectivity index (χ1n) is 4.58. The summed E-state index contributed by atoms with van der Waals surface area (Å²) in [7, 11) is 0. The molecule has 0 heterocycles. The molecule has 0 radical (unpaired) electrons. The molecular formula is C10H8F6O. The third kappa shape index (κ3) is 2.54. The first-order chi connectivity index (χ1) is 7.77. The van der Waals surface area contributed by atoms with Crippen LogP contribution in [0.4, 0.5) is 26.3 Å². The molecule has 1 aromatic rings. The lowest BCUT2D eigenvalue weighted by Crippen LogP contribution is -2.14. The minimum atomic E-state index is -3.67. The Balaban J connectivity index is 3.47. The van der Waals surface area contributed by atoms with Gasteiger partial charge in [0.1, 0.15) is 0 Å². The van der Waals surface area contributed by atoms with Crippen molar-refractivity contribution in [1.82, 2.24) is 0 Å². The van der Waals surface area contributed by atoms with E-state index in [4.69, 9.17) is 5.11 Å². The highest BCUT2D eigenvalue weighted by Crippen LogP contribution is 2.31. The zero-order valence-electron chi connectivity index (χ0n) is 8.58. The zero-order valence-corrected chi connectivity index (χ0v) is 8.58. The minimum absolute atomic E-state index is 0.713. The second-order valence-electron chi connectivity index (χ2n) is 3.50. The minimum Gasteiger partial charge on any atom is -0.393 e. The van der Waals surface area contributed by atoms with E-state index in [1.807, 2.05) is 0 Å².